The second kappa shape index (κ2) is 11.3. The minimum absolute atomic E-state index is 0.107. The molecule has 4 aromatic carbocycles. The summed E-state index contributed by atoms with van der Waals surface area (Å²) >= 11 is 0. The first-order valence-corrected chi connectivity index (χ1v) is 14.2. The number of carbonyl (C=O) groups is 2. The molecule has 0 aliphatic carbocycles. The number of primary amides is 1. The minimum atomic E-state index is -4.62. The van der Waals surface area contributed by atoms with Crippen LogP contribution < -0.4 is 26.4 Å². The summed E-state index contributed by atoms with van der Waals surface area (Å²) in [7, 11) is -2.24. The second-order valence-electron chi connectivity index (χ2n) is 9.48. The zero-order chi connectivity index (χ0) is 30.9. The number of hydrogen-bond donors (Lipinski definition) is 5. The van der Waals surface area contributed by atoms with E-state index in [0.29, 0.717) is 39.4 Å². The summed E-state index contributed by atoms with van der Waals surface area (Å²) in [6.07, 6.45) is -3.09. The lowest BCUT2D eigenvalue weighted by Crippen LogP contribution is -2.18. The van der Waals surface area contributed by atoms with E-state index in [0.717, 1.165) is 12.1 Å². The Morgan fingerprint density at radius 2 is 1.56 bits per heavy atom. The normalized spacial score (nSPS) is 13.9. The largest absolute Gasteiger partial charge is 0.416 e. The summed E-state index contributed by atoms with van der Waals surface area (Å²) in [4.78, 5) is 24.8. The fraction of sp³-hybridized carbons (Fsp3) is 0.0667. The lowest BCUT2D eigenvalue weighted by Gasteiger charge is -2.14. The van der Waals surface area contributed by atoms with Crippen LogP contribution in [-0.2, 0) is 21.0 Å². The van der Waals surface area contributed by atoms with Crippen molar-refractivity contribution >= 4 is 50.2 Å². The van der Waals surface area contributed by atoms with Gasteiger partial charge in [0.05, 0.1) is 21.7 Å². The van der Waals surface area contributed by atoms with E-state index in [-0.39, 0.29) is 21.9 Å². The first-order valence-electron chi connectivity index (χ1n) is 12.7. The van der Waals surface area contributed by atoms with Gasteiger partial charge in [-0.2, -0.15) is 13.2 Å². The SMILES string of the molecule is CNS(=O)(=O)c1ccc(N/C=C2/C(=O)Nc3cc(Nc4cccc(-c5ccc(C(F)(F)F)cc5C(N)=O)c4)ccc32)cc1. The molecule has 1 heterocycles. The fourth-order valence-corrected chi connectivity index (χ4v) is 5.26. The average molecular weight is 608 g/mol. The molecule has 6 N–H and O–H groups in total. The standard InChI is InChI=1S/C30H24F3N5O4S/c1-35-43(41,42)22-9-6-19(7-10-22)36-16-26-24-12-8-21(15-27(24)38-29(26)40)37-20-4-2-3-17(13-20)23-11-5-18(30(31,32)33)14-25(23)28(34)39/h2-16,35-37H,1H3,(H2,34,39)(H,38,40)/b26-16+. The summed E-state index contributed by atoms with van der Waals surface area (Å²) in [6.45, 7) is 0. The fourth-order valence-electron chi connectivity index (χ4n) is 4.53. The van der Waals surface area contributed by atoms with Crippen molar-refractivity contribution in [1.82, 2.24) is 4.72 Å². The van der Waals surface area contributed by atoms with Crippen LogP contribution in [0.3, 0.4) is 0 Å². The molecule has 2 amide bonds. The molecule has 9 nitrogen and oxygen atoms in total. The summed E-state index contributed by atoms with van der Waals surface area (Å²) in [5, 5.41) is 9.01. The molecule has 0 saturated carbocycles. The zero-order valence-electron chi connectivity index (χ0n) is 22.4. The summed E-state index contributed by atoms with van der Waals surface area (Å²) in [5.41, 5.74) is 8.25. The Morgan fingerprint density at radius 1 is 0.884 bits per heavy atom. The average Bonchev–Trinajstić information content (AvgIpc) is 3.29. The van der Waals surface area contributed by atoms with Crippen LogP contribution in [0.25, 0.3) is 16.7 Å². The van der Waals surface area contributed by atoms with Crippen LogP contribution in [0, 0.1) is 0 Å². The quantitative estimate of drug-likeness (QED) is 0.167. The van der Waals surface area contributed by atoms with Gasteiger partial charge in [-0.3, -0.25) is 9.59 Å². The molecule has 0 radical (unpaired) electrons. The highest BCUT2D eigenvalue weighted by Crippen LogP contribution is 2.36. The monoisotopic (exact) mass is 607 g/mol. The predicted molar refractivity (Wildman–Crippen MR) is 158 cm³/mol. The molecule has 1 aliphatic heterocycles. The van der Waals surface area contributed by atoms with Crippen molar-refractivity contribution in [2.45, 2.75) is 11.1 Å². The van der Waals surface area contributed by atoms with Gasteiger partial charge < -0.3 is 21.7 Å². The molecule has 5 rings (SSSR count). The number of carbonyl (C=O) groups excluding carboxylic acids is 2. The van der Waals surface area contributed by atoms with Crippen molar-refractivity contribution in [3.05, 3.63) is 108 Å². The summed E-state index contributed by atoms with van der Waals surface area (Å²) in [5.74, 6) is -1.32. The van der Waals surface area contributed by atoms with E-state index in [1.165, 1.54) is 31.4 Å². The van der Waals surface area contributed by atoms with Gasteiger partial charge in [0, 0.05) is 34.4 Å². The smallest absolute Gasteiger partial charge is 0.366 e. The topological polar surface area (TPSA) is 142 Å². The first kappa shape index (κ1) is 29.4. The number of amides is 2. The van der Waals surface area contributed by atoms with Crippen LogP contribution in [-0.4, -0.2) is 27.3 Å². The van der Waals surface area contributed by atoms with Crippen molar-refractivity contribution in [2.75, 3.05) is 23.0 Å². The van der Waals surface area contributed by atoms with Crippen LogP contribution in [0.2, 0.25) is 0 Å². The summed E-state index contributed by atoms with van der Waals surface area (Å²) in [6, 6.07) is 20.9. The van der Waals surface area contributed by atoms with Gasteiger partial charge in [-0.25, -0.2) is 13.1 Å². The third-order valence-corrected chi connectivity index (χ3v) is 8.12. The molecule has 0 bridgehead atoms. The highest BCUT2D eigenvalue weighted by Gasteiger charge is 2.31. The van der Waals surface area contributed by atoms with Crippen molar-refractivity contribution < 1.29 is 31.2 Å². The maximum absolute atomic E-state index is 13.2. The number of anilines is 4. The zero-order valence-corrected chi connectivity index (χ0v) is 23.2. The lowest BCUT2D eigenvalue weighted by molar-refractivity contribution is -0.137. The van der Waals surface area contributed by atoms with Gasteiger partial charge >= 0.3 is 6.18 Å². The van der Waals surface area contributed by atoms with Crippen LogP contribution in [0.5, 0.6) is 0 Å². The molecule has 0 saturated heterocycles. The van der Waals surface area contributed by atoms with E-state index in [4.69, 9.17) is 5.73 Å². The number of nitrogens with one attached hydrogen (secondary N) is 4. The van der Waals surface area contributed by atoms with Crippen LogP contribution in [0.1, 0.15) is 21.5 Å². The molecular weight excluding hydrogens is 583 g/mol. The number of fused-ring (bicyclic) bond motifs is 1. The molecule has 220 valence electrons. The Morgan fingerprint density at radius 3 is 2.23 bits per heavy atom. The Hall–Kier alpha value is -5.14. The van der Waals surface area contributed by atoms with Crippen molar-refractivity contribution in [3.8, 4) is 11.1 Å². The molecule has 4 aromatic rings. The van der Waals surface area contributed by atoms with Gasteiger partial charge in [-0.05, 0) is 84.9 Å². The Bertz CT molecular complexity index is 1890. The lowest BCUT2D eigenvalue weighted by atomic mass is 9.96. The van der Waals surface area contributed by atoms with E-state index in [2.05, 4.69) is 20.7 Å². The van der Waals surface area contributed by atoms with E-state index in [1.54, 1.807) is 54.6 Å². The highest BCUT2D eigenvalue weighted by atomic mass is 32.2. The Labute approximate surface area is 244 Å². The molecular formula is C30H24F3N5O4S. The van der Waals surface area contributed by atoms with Gasteiger partial charge in [0.15, 0.2) is 0 Å². The molecule has 43 heavy (non-hydrogen) atoms. The van der Waals surface area contributed by atoms with Crippen molar-refractivity contribution in [1.29, 1.82) is 0 Å². The van der Waals surface area contributed by atoms with Crippen LogP contribution in [0.15, 0.2) is 96.0 Å². The molecule has 0 unspecified atom stereocenters. The van der Waals surface area contributed by atoms with Crippen molar-refractivity contribution in [2.24, 2.45) is 5.73 Å². The number of alkyl halides is 3. The van der Waals surface area contributed by atoms with Gasteiger partial charge in [0.2, 0.25) is 15.9 Å². The Kier molecular flexibility index (Phi) is 7.69. The minimum Gasteiger partial charge on any atom is -0.366 e. The predicted octanol–water partition coefficient (Wildman–Crippen LogP) is 5.53. The van der Waals surface area contributed by atoms with Crippen molar-refractivity contribution in [3.63, 3.8) is 0 Å². The molecule has 0 atom stereocenters. The molecule has 0 fully saturated rings. The maximum atomic E-state index is 13.2. The number of halogens is 3. The van der Waals surface area contributed by atoms with Crippen LogP contribution >= 0.6 is 0 Å². The number of nitrogens with two attached hydrogens (primary N) is 1. The molecule has 0 spiro atoms. The summed E-state index contributed by atoms with van der Waals surface area (Å²) < 4.78 is 65.6. The van der Waals surface area contributed by atoms with Gasteiger partial charge in [-0.15, -0.1) is 0 Å². The number of hydrogen-bond acceptors (Lipinski definition) is 6. The van der Waals surface area contributed by atoms with Crippen LogP contribution in [0.4, 0.5) is 35.9 Å². The maximum Gasteiger partial charge on any atom is 0.416 e. The van der Waals surface area contributed by atoms with E-state index < -0.39 is 27.7 Å². The second-order valence-corrected chi connectivity index (χ2v) is 11.4. The van der Waals surface area contributed by atoms with Gasteiger partial charge in [0.1, 0.15) is 0 Å². The van der Waals surface area contributed by atoms with Gasteiger partial charge in [0.25, 0.3) is 5.91 Å². The van der Waals surface area contributed by atoms with E-state index in [9.17, 15) is 31.2 Å². The highest BCUT2D eigenvalue weighted by molar-refractivity contribution is 7.89. The third kappa shape index (κ3) is 6.22. The Balaban J connectivity index is 1.35. The van der Waals surface area contributed by atoms with E-state index >= 15 is 0 Å². The number of benzene rings is 4. The molecule has 0 aromatic heterocycles. The number of sulfonamides is 1. The number of rotatable bonds is 8. The third-order valence-electron chi connectivity index (χ3n) is 6.69. The van der Waals surface area contributed by atoms with Gasteiger partial charge in [-0.1, -0.05) is 18.2 Å². The van der Waals surface area contributed by atoms with E-state index in [1.807, 2.05) is 0 Å². The molecule has 13 heteroatoms. The first-order chi connectivity index (χ1) is 20.4. The molecule has 1 aliphatic rings.